The van der Waals surface area contributed by atoms with Crippen molar-refractivity contribution in [3.8, 4) is 0 Å². The third-order valence-electron chi connectivity index (χ3n) is 4.82. The Balaban J connectivity index is 1.62. The molecule has 1 amide bonds. The van der Waals surface area contributed by atoms with Crippen LogP contribution in [-0.2, 0) is 0 Å². The first-order valence-electron chi connectivity index (χ1n) is 7.25. The molecule has 104 valence electrons. The number of carbonyl (C=O) groups is 1. The van der Waals surface area contributed by atoms with E-state index in [-0.39, 0.29) is 5.91 Å². The average molecular weight is 295 g/mol. The summed E-state index contributed by atoms with van der Waals surface area (Å²) in [4.78, 5) is 16.2. The number of rotatable bonds is 1. The highest BCUT2D eigenvalue weighted by Crippen LogP contribution is 2.44. The third kappa shape index (κ3) is 2.84. The molecule has 2 aliphatic rings. The lowest BCUT2D eigenvalue weighted by Crippen LogP contribution is -2.43. The molecule has 2 heterocycles. The first-order chi connectivity index (χ1) is 9.19. The maximum Gasteiger partial charge on any atom is 0.263 e. The Morgan fingerprint density at radius 3 is 2.42 bits per heavy atom. The number of hydrogen-bond donors (Lipinski definition) is 1. The number of piperidine rings is 1. The largest absolute Gasteiger partial charge is 0.338 e. The highest BCUT2D eigenvalue weighted by Gasteiger charge is 2.36. The molecule has 1 aromatic rings. The van der Waals surface area contributed by atoms with E-state index >= 15 is 0 Å². The Kier molecular flexibility index (Phi) is 3.90. The van der Waals surface area contributed by atoms with Gasteiger partial charge < -0.3 is 4.90 Å². The van der Waals surface area contributed by atoms with E-state index in [4.69, 9.17) is 0 Å². The minimum atomic E-state index is 0.205. The van der Waals surface area contributed by atoms with Crippen molar-refractivity contribution in [3.63, 3.8) is 0 Å². The van der Waals surface area contributed by atoms with Gasteiger partial charge in [0.1, 0.15) is 0 Å². The summed E-state index contributed by atoms with van der Waals surface area (Å²) in [6, 6.07) is 1.89. The van der Waals surface area contributed by atoms with Crippen LogP contribution in [0.15, 0.2) is 16.3 Å². The van der Waals surface area contributed by atoms with Gasteiger partial charge in [-0.3, -0.25) is 4.79 Å². The van der Waals surface area contributed by atoms with Crippen LogP contribution in [0.5, 0.6) is 0 Å². The predicted molar refractivity (Wildman–Crippen MR) is 82.2 cm³/mol. The summed E-state index contributed by atoms with van der Waals surface area (Å²) in [6.07, 6.45) is 9.37. The minimum Gasteiger partial charge on any atom is -0.338 e. The van der Waals surface area contributed by atoms with Crippen LogP contribution in [0.4, 0.5) is 0 Å². The highest BCUT2D eigenvalue weighted by atomic mass is 32.1. The number of nitrogens with zero attached hydrogens (tertiary/aromatic N) is 1. The van der Waals surface area contributed by atoms with Crippen LogP contribution in [-0.4, -0.2) is 23.9 Å². The summed E-state index contributed by atoms with van der Waals surface area (Å²) in [5, 5.41) is 1.93. The van der Waals surface area contributed by atoms with Crippen LogP contribution < -0.4 is 0 Å². The van der Waals surface area contributed by atoms with E-state index < -0.39 is 0 Å². The monoisotopic (exact) mass is 295 g/mol. The summed E-state index contributed by atoms with van der Waals surface area (Å²) in [6.45, 7) is 1.89. The summed E-state index contributed by atoms with van der Waals surface area (Å²) in [7, 11) is 0. The first kappa shape index (κ1) is 13.5. The van der Waals surface area contributed by atoms with Crippen molar-refractivity contribution >= 4 is 29.9 Å². The van der Waals surface area contributed by atoms with Crippen LogP contribution in [0.1, 0.15) is 54.6 Å². The van der Waals surface area contributed by atoms with Gasteiger partial charge >= 0.3 is 0 Å². The van der Waals surface area contributed by atoms with Crippen molar-refractivity contribution in [1.29, 1.82) is 0 Å². The Hall–Kier alpha value is -0.480. The van der Waals surface area contributed by atoms with Gasteiger partial charge in [-0.2, -0.15) is 0 Å². The SMILES string of the molecule is O=C(c1cc(S)cs1)N1CCC2(CCCCC2)CC1. The summed E-state index contributed by atoms with van der Waals surface area (Å²) in [5.74, 6) is 0.205. The standard InChI is InChI=1S/C15H21NOS2/c17-14(13-10-12(18)11-19-13)16-8-6-15(7-9-16)4-2-1-3-5-15/h10-11,18H,1-9H2. The van der Waals surface area contributed by atoms with Crippen LogP contribution >= 0.6 is 24.0 Å². The normalized spacial score (nSPS) is 22.7. The molecule has 0 aromatic carbocycles. The van der Waals surface area contributed by atoms with Gasteiger partial charge in [0.25, 0.3) is 5.91 Å². The molecule has 1 saturated carbocycles. The zero-order valence-electron chi connectivity index (χ0n) is 11.2. The van der Waals surface area contributed by atoms with E-state index in [9.17, 15) is 4.79 Å². The summed E-state index contributed by atoms with van der Waals surface area (Å²) < 4.78 is 0. The second-order valence-corrected chi connectivity index (χ2v) is 7.45. The van der Waals surface area contributed by atoms with E-state index in [1.807, 2.05) is 16.3 Å². The Morgan fingerprint density at radius 2 is 1.84 bits per heavy atom. The number of likely N-dealkylation sites (tertiary alicyclic amines) is 1. The molecule has 3 rings (SSSR count). The second kappa shape index (κ2) is 5.49. The topological polar surface area (TPSA) is 20.3 Å². The summed E-state index contributed by atoms with van der Waals surface area (Å²) in [5.41, 5.74) is 0.569. The van der Waals surface area contributed by atoms with Crippen molar-refractivity contribution in [2.24, 2.45) is 5.41 Å². The highest BCUT2D eigenvalue weighted by molar-refractivity contribution is 7.80. The number of hydrogen-bond acceptors (Lipinski definition) is 3. The second-order valence-electron chi connectivity index (χ2n) is 6.02. The fourth-order valence-electron chi connectivity index (χ4n) is 3.58. The fraction of sp³-hybridized carbons (Fsp3) is 0.667. The molecule has 0 atom stereocenters. The smallest absolute Gasteiger partial charge is 0.263 e. The zero-order valence-corrected chi connectivity index (χ0v) is 12.9. The molecule has 1 saturated heterocycles. The summed E-state index contributed by atoms with van der Waals surface area (Å²) >= 11 is 5.79. The third-order valence-corrected chi connectivity index (χ3v) is 6.17. The Bertz CT molecular complexity index is 452. The van der Waals surface area contributed by atoms with Crippen LogP contribution in [0.25, 0.3) is 0 Å². The molecule has 0 N–H and O–H groups in total. The number of carbonyl (C=O) groups excluding carboxylic acids is 1. The van der Waals surface area contributed by atoms with Gasteiger partial charge in [0.15, 0.2) is 0 Å². The molecule has 2 nitrogen and oxygen atoms in total. The van der Waals surface area contributed by atoms with E-state index in [0.717, 1.165) is 22.9 Å². The van der Waals surface area contributed by atoms with E-state index in [0.29, 0.717) is 5.41 Å². The lowest BCUT2D eigenvalue weighted by atomic mass is 9.68. The van der Waals surface area contributed by atoms with Crippen molar-refractivity contribution < 1.29 is 4.79 Å². The molecule has 2 fully saturated rings. The van der Waals surface area contributed by atoms with E-state index in [1.54, 1.807) is 0 Å². The van der Waals surface area contributed by atoms with Gasteiger partial charge in [0, 0.05) is 23.4 Å². The number of amides is 1. The molecular formula is C15H21NOS2. The van der Waals surface area contributed by atoms with Gasteiger partial charge in [-0.15, -0.1) is 24.0 Å². The van der Waals surface area contributed by atoms with E-state index in [1.165, 1.54) is 56.3 Å². The molecule has 1 aliphatic carbocycles. The van der Waals surface area contributed by atoms with Crippen LogP contribution in [0.2, 0.25) is 0 Å². The zero-order chi connectivity index (χ0) is 13.3. The first-order valence-corrected chi connectivity index (χ1v) is 8.58. The molecule has 19 heavy (non-hydrogen) atoms. The van der Waals surface area contributed by atoms with Crippen LogP contribution in [0.3, 0.4) is 0 Å². The van der Waals surface area contributed by atoms with Crippen molar-refractivity contribution in [1.82, 2.24) is 4.90 Å². The predicted octanol–water partition coefficient (Wildman–Crippen LogP) is 4.22. The lowest BCUT2D eigenvalue weighted by molar-refractivity contribution is 0.0476. The molecule has 1 spiro atoms. The molecule has 0 radical (unpaired) electrons. The van der Waals surface area contributed by atoms with Crippen molar-refractivity contribution in [3.05, 3.63) is 16.3 Å². The van der Waals surface area contributed by atoms with Crippen LogP contribution in [0, 0.1) is 5.41 Å². The molecule has 1 aliphatic heterocycles. The average Bonchev–Trinajstić information content (AvgIpc) is 2.87. The maximum absolute atomic E-state index is 12.4. The van der Waals surface area contributed by atoms with Gasteiger partial charge in [-0.05, 0) is 37.2 Å². The minimum absolute atomic E-state index is 0.205. The maximum atomic E-state index is 12.4. The van der Waals surface area contributed by atoms with Gasteiger partial charge in [0.05, 0.1) is 4.88 Å². The lowest BCUT2D eigenvalue weighted by Gasteiger charge is -2.44. The van der Waals surface area contributed by atoms with Gasteiger partial charge in [-0.25, -0.2) is 0 Å². The molecule has 1 aromatic heterocycles. The van der Waals surface area contributed by atoms with Gasteiger partial charge in [0.2, 0.25) is 0 Å². The molecule has 0 bridgehead atoms. The number of thiol groups is 1. The van der Waals surface area contributed by atoms with Gasteiger partial charge in [-0.1, -0.05) is 19.3 Å². The molecule has 0 unspecified atom stereocenters. The van der Waals surface area contributed by atoms with E-state index in [2.05, 4.69) is 12.6 Å². The fourth-order valence-corrected chi connectivity index (χ4v) is 4.70. The van der Waals surface area contributed by atoms with Crippen molar-refractivity contribution in [2.45, 2.75) is 49.8 Å². The Morgan fingerprint density at radius 1 is 1.16 bits per heavy atom. The quantitative estimate of drug-likeness (QED) is 0.769. The number of thiophene rings is 1. The van der Waals surface area contributed by atoms with Crippen molar-refractivity contribution in [2.75, 3.05) is 13.1 Å². The Labute approximate surface area is 124 Å². The molecular weight excluding hydrogens is 274 g/mol. The molecule has 4 heteroatoms.